The zero-order valence-corrected chi connectivity index (χ0v) is 9.59. The van der Waals surface area contributed by atoms with Crippen molar-refractivity contribution in [3.05, 3.63) is 0 Å². The van der Waals surface area contributed by atoms with Gasteiger partial charge in [-0.1, -0.05) is 0 Å². The summed E-state index contributed by atoms with van der Waals surface area (Å²) in [6.07, 6.45) is -7.90. The van der Waals surface area contributed by atoms with Crippen LogP contribution >= 0.6 is 7.60 Å². The highest BCUT2D eigenvalue weighted by Crippen LogP contribution is 2.63. The van der Waals surface area contributed by atoms with Crippen molar-refractivity contribution in [3.63, 3.8) is 0 Å². The Balaban J connectivity index is 5.35. The van der Waals surface area contributed by atoms with E-state index in [1.165, 1.54) is 13.8 Å². The zero-order chi connectivity index (χ0) is 13.0. The van der Waals surface area contributed by atoms with Crippen LogP contribution in [-0.2, 0) is 13.6 Å². The van der Waals surface area contributed by atoms with Crippen LogP contribution in [0.5, 0.6) is 0 Å². The van der Waals surface area contributed by atoms with Gasteiger partial charge in [-0.05, 0) is 13.8 Å². The molecule has 0 unspecified atom stereocenters. The van der Waals surface area contributed by atoms with Gasteiger partial charge in [0.25, 0.3) is 18.2 Å². The van der Waals surface area contributed by atoms with Crippen molar-refractivity contribution in [2.24, 2.45) is 0 Å². The first-order chi connectivity index (χ1) is 7.26. The molecule has 9 heteroatoms. The fraction of sp³-hybridized carbons (Fsp3) is 1.00. The number of rotatable bonds is 7. The molecule has 0 bridgehead atoms. The predicted molar refractivity (Wildman–Crippen MR) is 47.8 cm³/mol. The number of halogens is 4. The Kier molecular flexibility index (Phi) is 5.89. The van der Waals surface area contributed by atoms with Crippen LogP contribution in [0.2, 0.25) is 0 Å². The first-order valence-electron chi connectivity index (χ1n) is 4.44. The summed E-state index contributed by atoms with van der Waals surface area (Å²) in [6, 6.07) is 0. The van der Waals surface area contributed by atoms with Gasteiger partial charge in [-0.3, -0.25) is 4.57 Å². The van der Waals surface area contributed by atoms with Gasteiger partial charge in [0.2, 0.25) is 0 Å². The van der Waals surface area contributed by atoms with Crippen LogP contribution < -0.4 is 0 Å². The second-order valence-electron chi connectivity index (χ2n) is 2.72. The van der Waals surface area contributed by atoms with Gasteiger partial charge < -0.3 is 14.2 Å². The van der Waals surface area contributed by atoms with Crippen molar-refractivity contribution >= 4 is 7.60 Å². The Morgan fingerprint density at radius 1 is 1.12 bits per heavy atom. The van der Waals surface area contributed by atoms with Gasteiger partial charge in [-0.25, -0.2) is 17.6 Å². The van der Waals surface area contributed by atoms with Crippen molar-refractivity contribution in [1.29, 1.82) is 0 Å². The summed E-state index contributed by atoms with van der Waals surface area (Å²) in [4.78, 5) is 0. The average Bonchev–Trinajstić information content (AvgIpc) is 2.16. The third-order valence-electron chi connectivity index (χ3n) is 1.68. The van der Waals surface area contributed by atoms with Gasteiger partial charge in [0.15, 0.2) is 0 Å². The van der Waals surface area contributed by atoms with Crippen LogP contribution in [0.1, 0.15) is 13.8 Å². The SMILES string of the molecule is CCOP(=O)(OCC)C(O)(C(F)F)C(F)F. The lowest BCUT2D eigenvalue weighted by Gasteiger charge is -2.32. The molecular formula is C7H13F4O4P. The maximum atomic E-state index is 12.4. The second-order valence-corrected chi connectivity index (χ2v) is 4.95. The van der Waals surface area contributed by atoms with Crippen molar-refractivity contribution in [2.45, 2.75) is 32.0 Å². The third-order valence-corrected chi connectivity index (χ3v) is 4.14. The first kappa shape index (κ1) is 15.8. The Labute approximate surface area is 90.1 Å². The van der Waals surface area contributed by atoms with Gasteiger partial charge in [0.05, 0.1) is 13.2 Å². The molecule has 16 heavy (non-hydrogen) atoms. The molecule has 0 aromatic rings. The zero-order valence-electron chi connectivity index (χ0n) is 8.70. The molecule has 0 saturated carbocycles. The summed E-state index contributed by atoms with van der Waals surface area (Å²) in [6.45, 7) is 1.70. The maximum Gasteiger partial charge on any atom is 0.374 e. The topological polar surface area (TPSA) is 55.8 Å². The lowest BCUT2D eigenvalue weighted by molar-refractivity contribution is -0.137. The molecule has 0 atom stereocenters. The highest BCUT2D eigenvalue weighted by atomic mass is 31.2. The molecule has 0 rings (SSSR count). The van der Waals surface area contributed by atoms with E-state index >= 15 is 0 Å². The molecule has 0 saturated heterocycles. The summed E-state index contributed by atoms with van der Waals surface area (Å²) in [7, 11) is -5.00. The Morgan fingerprint density at radius 3 is 1.62 bits per heavy atom. The minimum absolute atomic E-state index is 0.404. The molecule has 0 heterocycles. The van der Waals surface area contributed by atoms with Gasteiger partial charge in [-0.15, -0.1) is 0 Å². The molecule has 0 aliphatic rings. The van der Waals surface area contributed by atoms with Gasteiger partial charge in [0, 0.05) is 0 Å². The van der Waals surface area contributed by atoms with E-state index in [0.29, 0.717) is 0 Å². The Hall–Kier alpha value is -0.170. The minimum Gasteiger partial charge on any atom is -0.369 e. The molecule has 98 valence electrons. The Morgan fingerprint density at radius 2 is 1.44 bits per heavy atom. The van der Waals surface area contributed by atoms with E-state index in [9.17, 15) is 22.1 Å². The van der Waals surface area contributed by atoms with Crippen LogP contribution in [-0.4, -0.2) is 36.5 Å². The van der Waals surface area contributed by atoms with Crippen LogP contribution in [0.3, 0.4) is 0 Å². The molecule has 0 radical (unpaired) electrons. The van der Waals surface area contributed by atoms with E-state index < -0.39 is 39.0 Å². The average molecular weight is 268 g/mol. The molecule has 0 aliphatic heterocycles. The summed E-state index contributed by atoms with van der Waals surface area (Å²) in [5.41, 5.74) is 0. The van der Waals surface area contributed by atoms with Crippen molar-refractivity contribution < 1.29 is 36.3 Å². The molecule has 0 aliphatic carbocycles. The number of alkyl halides is 4. The van der Waals surface area contributed by atoms with Crippen molar-refractivity contribution in [3.8, 4) is 0 Å². The molecule has 4 nitrogen and oxygen atoms in total. The number of aliphatic hydroxyl groups is 1. The standard InChI is InChI=1S/C7H13F4O4P/c1-3-14-16(13,15-4-2)7(12,5(8)9)6(10)11/h5-6,12H,3-4H2,1-2H3. The molecular weight excluding hydrogens is 255 g/mol. The van der Waals surface area contributed by atoms with Crippen LogP contribution in [0.4, 0.5) is 17.6 Å². The van der Waals surface area contributed by atoms with Crippen molar-refractivity contribution in [1.82, 2.24) is 0 Å². The van der Waals surface area contributed by atoms with Crippen LogP contribution in [0.15, 0.2) is 0 Å². The molecule has 0 aromatic carbocycles. The number of hydrogen-bond acceptors (Lipinski definition) is 4. The molecule has 1 N–H and O–H groups in total. The van der Waals surface area contributed by atoms with Crippen LogP contribution in [0, 0.1) is 0 Å². The fourth-order valence-electron chi connectivity index (χ4n) is 0.918. The van der Waals surface area contributed by atoms with E-state index in [4.69, 9.17) is 5.11 Å². The van der Waals surface area contributed by atoms with Crippen LogP contribution in [0.25, 0.3) is 0 Å². The lowest BCUT2D eigenvalue weighted by atomic mass is 10.4. The van der Waals surface area contributed by atoms with E-state index in [-0.39, 0.29) is 0 Å². The maximum absolute atomic E-state index is 12.4. The largest absolute Gasteiger partial charge is 0.374 e. The summed E-state index contributed by atoms with van der Waals surface area (Å²) >= 11 is 0. The third kappa shape index (κ3) is 2.74. The molecule has 0 amide bonds. The number of hydrogen-bond donors (Lipinski definition) is 1. The monoisotopic (exact) mass is 268 g/mol. The molecule has 0 aromatic heterocycles. The van der Waals surface area contributed by atoms with Gasteiger partial charge in [0.1, 0.15) is 0 Å². The summed E-state index contributed by atoms with van der Waals surface area (Å²) in [5.74, 6) is 0. The van der Waals surface area contributed by atoms with E-state index in [1.807, 2.05) is 0 Å². The van der Waals surface area contributed by atoms with E-state index in [0.717, 1.165) is 0 Å². The van der Waals surface area contributed by atoms with E-state index in [1.54, 1.807) is 0 Å². The summed E-state index contributed by atoms with van der Waals surface area (Å²) < 4.78 is 69.9. The summed E-state index contributed by atoms with van der Waals surface area (Å²) in [5, 5.41) is 5.04. The fourth-order valence-corrected chi connectivity index (χ4v) is 2.56. The predicted octanol–water partition coefficient (Wildman–Crippen LogP) is 2.47. The first-order valence-corrected chi connectivity index (χ1v) is 5.98. The smallest absolute Gasteiger partial charge is 0.369 e. The molecule has 0 fully saturated rings. The normalized spacial score (nSPS) is 13.8. The molecule has 0 spiro atoms. The highest BCUT2D eigenvalue weighted by Gasteiger charge is 2.63. The Bertz CT molecular complexity index is 243. The highest BCUT2D eigenvalue weighted by molar-refractivity contribution is 7.55. The quantitative estimate of drug-likeness (QED) is 0.569. The lowest BCUT2D eigenvalue weighted by Crippen LogP contribution is -2.45. The minimum atomic E-state index is -5.00. The van der Waals surface area contributed by atoms with Crippen molar-refractivity contribution in [2.75, 3.05) is 13.2 Å². The van der Waals surface area contributed by atoms with Gasteiger partial charge in [-0.2, -0.15) is 0 Å². The van der Waals surface area contributed by atoms with Gasteiger partial charge >= 0.3 is 7.60 Å². The van der Waals surface area contributed by atoms with E-state index in [2.05, 4.69) is 9.05 Å². The second kappa shape index (κ2) is 5.95.